The number of rotatable bonds is 4. The van der Waals surface area contributed by atoms with Crippen LogP contribution in [0.15, 0.2) is 0 Å². The van der Waals surface area contributed by atoms with E-state index in [0.717, 1.165) is 12.8 Å². The zero-order chi connectivity index (χ0) is 12.5. The molecule has 0 aromatic heterocycles. The molecular weight excluding hydrogens is 312 g/mol. The van der Waals surface area contributed by atoms with E-state index < -0.39 is 16.1 Å². The Labute approximate surface area is 109 Å². The van der Waals surface area contributed by atoms with Gasteiger partial charge in [-0.15, -0.1) is 0 Å². The van der Waals surface area contributed by atoms with Crippen LogP contribution in [0.3, 0.4) is 0 Å². The van der Waals surface area contributed by atoms with Gasteiger partial charge in [-0.3, -0.25) is 4.79 Å². The monoisotopic (exact) mass is 326 g/mol. The van der Waals surface area contributed by atoms with Gasteiger partial charge in [-0.25, -0.2) is 8.42 Å². The number of sulfonamides is 1. The van der Waals surface area contributed by atoms with Crippen molar-refractivity contribution in [1.82, 2.24) is 9.62 Å². The number of carbonyl (C=O) groups excluding carboxylic acids is 1. The summed E-state index contributed by atoms with van der Waals surface area (Å²) in [6.45, 7) is 0.695. The normalized spacial score (nSPS) is 26.8. The van der Waals surface area contributed by atoms with Gasteiger partial charge in [0.05, 0.1) is 13.2 Å². The molecule has 1 saturated carbocycles. The van der Waals surface area contributed by atoms with E-state index in [0.29, 0.717) is 6.61 Å². The third-order valence-electron chi connectivity index (χ3n) is 2.80. The summed E-state index contributed by atoms with van der Waals surface area (Å²) in [4.78, 5) is 11.9. The number of ether oxygens (including phenoxy) is 1. The van der Waals surface area contributed by atoms with E-state index in [1.165, 1.54) is 4.31 Å². The molecule has 0 aromatic rings. The molecule has 1 N–H and O–H groups in total. The second kappa shape index (κ2) is 5.21. The van der Waals surface area contributed by atoms with Crippen LogP contribution in [0, 0.1) is 0 Å². The number of nitrogens with zero attached hydrogens (tertiary/aromatic N) is 1. The molecule has 17 heavy (non-hydrogen) atoms. The van der Waals surface area contributed by atoms with Gasteiger partial charge in [-0.1, -0.05) is 15.9 Å². The second-order valence-electron chi connectivity index (χ2n) is 4.21. The number of hydrogen-bond acceptors (Lipinski definition) is 4. The maximum absolute atomic E-state index is 11.9. The highest BCUT2D eigenvalue weighted by Crippen LogP contribution is 2.20. The van der Waals surface area contributed by atoms with Crippen LogP contribution in [-0.4, -0.2) is 55.1 Å². The number of nitrogens with one attached hydrogen (secondary N) is 1. The lowest BCUT2D eigenvalue weighted by molar-refractivity contribution is -0.129. The van der Waals surface area contributed by atoms with E-state index in [1.54, 1.807) is 0 Å². The Morgan fingerprint density at radius 1 is 1.47 bits per heavy atom. The Hall–Kier alpha value is -0.180. The maximum atomic E-state index is 11.9. The molecule has 1 heterocycles. The Morgan fingerprint density at radius 3 is 2.76 bits per heavy atom. The number of alkyl halides is 1. The molecule has 0 aromatic carbocycles. The van der Waals surface area contributed by atoms with E-state index in [2.05, 4.69) is 21.2 Å². The first-order valence-electron chi connectivity index (χ1n) is 5.48. The van der Waals surface area contributed by atoms with Crippen LogP contribution in [0.1, 0.15) is 12.8 Å². The van der Waals surface area contributed by atoms with E-state index in [-0.39, 0.29) is 29.8 Å². The molecule has 1 amide bonds. The predicted molar refractivity (Wildman–Crippen MR) is 65.2 cm³/mol. The molecule has 6 nitrogen and oxygen atoms in total. The van der Waals surface area contributed by atoms with Crippen molar-refractivity contribution in [1.29, 1.82) is 0 Å². The van der Waals surface area contributed by atoms with Gasteiger partial charge in [0, 0.05) is 12.6 Å². The minimum Gasteiger partial charge on any atom is -0.378 e. The molecule has 2 rings (SSSR count). The zero-order valence-corrected chi connectivity index (χ0v) is 11.7. The summed E-state index contributed by atoms with van der Waals surface area (Å²) >= 11 is 2.94. The van der Waals surface area contributed by atoms with Gasteiger partial charge in [0.1, 0.15) is 10.7 Å². The van der Waals surface area contributed by atoms with Crippen LogP contribution in [0.4, 0.5) is 0 Å². The quantitative estimate of drug-likeness (QED) is 0.716. The molecule has 1 aliphatic carbocycles. The van der Waals surface area contributed by atoms with Gasteiger partial charge in [0.2, 0.25) is 15.9 Å². The lowest BCUT2D eigenvalue weighted by atomic mass is 10.2. The molecule has 1 aliphatic heterocycles. The van der Waals surface area contributed by atoms with Crippen molar-refractivity contribution < 1.29 is 17.9 Å². The molecule has 2 aliphatic rings. The van der Waals surface area contributed by atoms with Gasteiger partial charge in [0.15, 0.2) is 0 Å². The summed E-state index contributed by atoms with van der Waals surface area (Å²) in [5, 5.41) is 2.81. The first-order valence-corrected chi connectivity index (χ1v) is 8.21. The molecule has 98 valence electrons. The van der Waals surface area contributed by atoms with Crippen LogP contribution in [0.25, 0.3) is 0 Å². The Morgan fingerprint density at radius 2 is 2.18 bits per heavy atom. The van der Waals surface area contributed by atoms with E-state index in [4.69, 9.17) is 4.74 Å². The average molecular weight is 327 g/mol. The van der Waals surface area contributed by atoms with Crippen molar-refractivity contribution in [3.8, 4) is 0 Å². The average Bonchev–Trinajstić information content (AvgIpc) is 3.13. The van der Waals surface area contributed by atoms with E-state index >= 15 is 0 Å². The van der Waals surface area contributed by atoms with E-state index in [9.17, 15) is 13.2 Å². The molecule has 1 saturated heterocycles. The molecular formula is C9H15BrN2O4S. The van der Waals surface area contributed by atoms with Gasteiger partial charge in [-0.05, 0) is 12.8 Å². The fraction of sp³-hybridized carbons (Fsp3) is 0.889. The Bertz CT molecular complexity index is 396. The topological polar surface area (TPSA) is 75.7 Å². The smallest absolute Gasteiger partial charge is 0.241 e. The van der Waals surface area contributed by atoms with Crippen molar-refractivity contribution in [3.05, 3.63) is 0 Å². The first kappa shape index (κ1) is 13.3. The molecule has 0 bridgehead atoms. The number of morpholine rings is 1. The van der Waals surface area contributed by atoms with Crippen molar-refractivity contribution in [2.24, 2.45) is 0 Å². The molecule has 0 radical (unpaired) electrons. The molecule has 1 atom stereocenters. The number of carbonyl (C=O) groups is 1. The Kier molecular flexibility index (Phi) is 4.06. The van der Waals surface area contributed by atoms with Gasteiger partial charge < -0.3 is 10.1 Å². The van der Waals surface area contributed by atoms with Crippen molar-refractivity contribution >= 4 is 31.9 Å². The van der Waals surface area contributed by atoms with Crippen LogP contribution in [0.2, 0.25) is 0 Å². The maximum Gasteiger partial charge on any atom is 0.241 e. The van der Waals surface area contributed by atoms with Crippen LogP contribution < -0.4 is 5.32 Å². The van der Waals surface area contributed by atoms with Gasteiger partial charge in [0.25, 0.3) is 0 Å². The minimum atomic E-state index is -3.42. The molecule has 1 unspecified atom stereocenters. The Balaban J connectivity index is 2.08. The molecule has 2 fully saturated rings. The fourth-order valence-corrected chi connectivity index (χ4v) is 3.53. The lowest BCUT2D eigenvalue weighted by Crippen LogP contribution is -2.56. The summed E-state index contributed by atoms with van der Waals surface area (Å²) in [5.41, 5.74) is 0. The highest BCUT2D eigenvalue weighted by molar-refractivity contribution is 9.10. The number of halogens is 1. The number of hydrogen-bond donors (Lipinski definition) is 1. The molecule has 8 heteroatoms. The van der Waals surface area contributed by atoms with Crippen LogP contribution in [0.5, 0.6) is 0 Å². The lowest BCUT2D eigenvalue weighted by Gasteiger charge is -2.33. The molecule has 0 spiro atoms. The second-order valence-corrected chi connectivity index (χ2v) is 7.43. The summed E-state index contributed by atoms with van der Waals surface area (Å²) in [7, 11) is -3.42. The fourth-order valence-electron chi connectivity index (χ4n) is 1.72. The van der Waals surface area contributed by atoms with Crippen LogP contribution >= 0.6 is 15.9 Å². The third-order valence-corrected chi connectivity index (χ3v) is 5.96. The van der Waals surface area contributed by atoms with Crippen molar-refractivity contribution in [2.45, 2.75) is 24.9 Å². The highest BCUT2D eigenvalue weighted by Gasteiger charge is 2.38. The number of amides is 1. The summed E-state index contributed by atoms with van der Waals surface area (Å²) in [6.07, 6.45) is 1.95. The first-order chi connectivity index (χ1) is 8.04. The minimum absolute atomic E-state index is 0.130. The third kappa shape index (κ3) is 3.18. The zero-order valence-electron chi connectivity index (χ0n) is 9.26. The van der Waals surface area contributed by atoms with Gasteiger partial charge in [-0.2, -0.15) is 4.31 Å². The summed E-state index contributed by atoms with van der Waals surface area (Å²) in [5.74, 6) is -0.253. The van der Waals surface area contributed by atoms with Crippen LogP contribution in [-0.2, 0) is 19.6 Å². The summed E-state index contributed by atoms with van der Waals surface area (Å²) in [6, 6.07) is -0.509. The predicted octanol–water partition coefficient (Wildman–Crippen LogP) is -0.352. The highest BCUT2D eigenvalue weighted by atomic mass is 79.9. The van der Waals surface area contributed by atoms with E-state index in [1.807, 2.05) is 0 Å². The van der Waals surface area contributed by atoms with Gasteiger partial charge >= 0.3 is 0 Å². The SMILES string of the molecule is O=C(NC1CC1)C1COCCN1S(=O)(=O)CBr. The standard InChI is InChI=1S/C9H15BrN2O4S/c10-6-17(14,15)12-3-4-16-5-8(12)9(13)11-7-1-2-7/h7-8H,1-6H2,(H,11,13). The largest absolute Gasteiger partial charge is 0.378 e. The van der Waals surface area contributed by atoms with Crippen molar-refractivity contribution in [3.63, 3.8) is 0 Å². The van der Waals surface area contributed by atoms with Crippen molar-refractivity contribution in [2.75, 3.05) is 24.4 Å². The summed E-state index contributed by atoms with van der Waals surface area (Å²) < 4.78 is 29.9.